The lowest BCUT2D eigenvalue weighted by molar-refractivity contribution is -0.142. The maximum absolute atomic E-state index is 13.0. The molecule has 38 heavy (non-hydrogen) atoms. The summed E-state index contributed by atoms with van der Waals surface area (Å²) in [7, 11) is 0. The summed E-state index contributed by atoms with van der Waals surface area (Å²) in [4.78, 5) is 75.1. The van der Waals surface area contributed by atoms with Gasteiger partial charge < -0.3 is 25.3 Å². The largest absolute Gasteiger partial charge is 0.423 e. The van der Waals surface area contributed by atoms with Crippen LogP contribution in [-0.4, -0.2) is 65.1 Å². The lowest BCUT2D eigenvalue weighted by Gasteiger charge is -2.28. The van der Waals surface area contributed by atoms with Gasteiger partial charge in [-0.25, -0.2) is 4.79 Å². The lowest BCUT2D eigenvalue weighted by Crippen LogP contribution is -2.56. The number of nitrogens with one attached hydrogen (secondary N) is 4. The fourth-order valence-electron chi connectivity index (χ4n) is 4.37. The smallest absolute Gasteiger partial charge is 0.336 e. The standard InChI is InChI=1S/C26H33N5O7/c1-13-11-22(33)38-21-12-18(8-9-19(13)21)28-15(3)24(35)30-25(36)20-7-6-10-31(20)26(37)16(4)29-23(34)14(2)27-17(5)32/h8-9,11-12,14-16,20,28H,6-7,10H2,1-5H3,(H,27,32)(H,29,34)(H,30,35,36)/t14-,15-,16-,20-/m0/s1. The average molecular weight is 528 g/mol. The maximum atomic E-state index is 13.0. The van der Waals surface area contributed by atoms with Gasteiger partial charge in [-0.05, 0) is 58.2 Å². The first-order valence-electron chi connectivity index (χ1n) is 12.4. The molecule has 2 heterocycles. The second kappa shape index (κ2) is 11.9. The highest BCUT2D eigenvalue weighted by molar-refractivity contribution is 6.02. The first kappa shape index (κ1) is 28.4. The van der Waals surface area contributed by atoms with Gasteiger partial charge in [0.05, 0.1) is 0 Å². The Balaban J connectivity index is 1.59. The molecule has 204 valence electrons. The maximum Gasteiger partial charge on any atom is 0.336 e. The van der Waals surface area contributed by atoms with E-state index in [2.05, 4.69) is 21.3 Å². The van der Waals surface area contributed by atoms with E-state index in [0.29, 0.717) is 30.7 Å². The van der Waals surface area contributed by atoms with Crippen molar-refractivity contribution < 1.29 is 28.4 Å². The Hall–Kier alpha value is -4.22. The van der Waals surface area contributed by atoms with Gasteiger partial charge in [0.15, 0.2) is 0 Å². The van der Waals surface area contributed by atoms with E-state index in [4.69, 9.17) is 4.42 Å². The Bertz CT molecular complexity index is 1320. The number of benzene rings is 1. The Kier molecular flexibility index (Phi) is 8.87. The van der Waals surface area contributed by atoms with Crippen LogP contribution in [0.15, 0.2) is 33.5 Å². The Labute approximate surface area is 219 Å². The van der Waals surface area contributed by atoms with E-state index < -0.39 is 53.4 Å². The van der Waals surface area contributed by atoms with Crippen molar-refractivity contribution in [2.75, 3.05) is 11.9 Å². The topological polar surface area (TPSA) is 167 Å². The molecule has 1 aromatic carbocycles. The third-order valence-electron chi connectivity index (χ3n) is 6.35. The minimum atomic E-state index is -0.931. The van der Waals surface area contributed by atoms with Crippen molar-refractivity contribution in [3.63, 3.8) is 0 Å². The minimum absolute atomic E-state index is 0.308. The van der Waals surface area contributed by atoms with Crippen LogP contribution >= 0.6 is 0 Å². The number of nitrogens with zero attached hydrogens (tertiary/aromatic N) is 1. The fraction of sp³-hybridized carbons (Fsp3) is 0.462. The van der Waals surface area contributed by atoms with Gasteiger partial charge in [0, 0.05) is 36.7 Å². The number of amides is 5. The predicted molar refractivity (Wildman–Crippen MR) is 139 cm³/mol. The third kappa shape index (κ3) is 6.75. The van der Waals surface area contributed by atoms with Crippen molar-refractivity contribution in [1.82, 2.24) is 20.9 Å². The van der Waals surface area contributed by atoms with E-state index in [9.17, 15) is 28.8 Å². The number of likely N-dealkylation sites (tertiary alicyclic amines) is 1. The summed E-state index contributed by atoms with van der Waals surface area (Å²) in [6.07, 6.45) is 0.940. The molecule has 0 spiro atoms. The van der Waals surface area contributed by atoms with Crippen LogP contribution in [0, 0.1) is 6.92 Å². The Morgan fingerprint density at radius 1 is 0.974 bits per heavy atom. The van der Waals surface area contributed by atoms with Crippen LogP contribution in [0.3, 0.4) is 0 Å². The normalized spacial score (nSPS) is 17.3. The number of rotatable bonds is 8. The highest BCUT2D eigenvalue weighted by atomic mass is 16.4. The van der Waals surface area contributed by atoms with Crippen LogP contribution in [0.2, 0.25) is 0 Å². The van der Waals surface area contributed by atoms with Gasteiger partial charge in [-0.15, -0.1) is 0 Å². The highest BCUT2D eigenvalue weighted by Gasteiger charge is 2.37. The van der Waals surface area contributed by atoms with Crippen LogP contribution < -0.4 is 26.9 Å². The summed E-state index contributed by atoms with van der Waals surface area (Å²) >= 11 is 0. The van der Waals surface area contributed by atoms with Gasteiger partial charge in [-0.1, -0.05) is 0 Å². The number of imide groups is 1. The van der Waals surface area contributed by atoms with Gasteiger partial charge in [0.1, 0.15) is 29.8 Å². The number of hydrogen-bond donors (Lipinski definition) is 4. The summed E-state index contributed by atoms with van der Waals surface area (Å²) < 4.78 is 5.23. The molecule has 12 heteroatoms. The van der Waals surface area contributed by atoms with Crippen molar-refractivity contribution in [2.24, 2.45) is 0 Å². The molecule has 4 N–H and O–H groups in total. The van der Waals surface area contributed by atoms with Gasteiger partial charge in [-0.3, -0.25) is 29.3 Å². The molecule has 1 aromatic heterocycles. The molecule has 5 amide bonds. The van der Waals surface area contributed by atoms with E-state index >= 15 is 0 Å². The van der Waals surface area contributed by atoms with E-state index in [1.54, 1.807) is 32.0 Å². The first-order valence-corrected chi connectivity index (χ1v) is 12.4. The number of carbonyl (C=O) groups is 5. The lowest BCUT2D eigenvalue weighted by atomic mass is 10.1. The number of fused-ring (bicyclic) bond motifs is 1. The molecule has 0 unspecified atom stereocenters. The molecular formula is C26H33N5O7. The molecule has 0 saturated carbocycles. The van der Waals surface area contributed by atoms with E-state index in [1.807, 2.05) is 0 Å². The highest BCUT2D eigenvalue weighted by Crippen LogP contribution is 2.22. The summed E-state index contributed by atoms with van der Waals surface area (Å²) in [5.74, 6) is -2.57. The first-order chi connectivity index (χ1) is 17.9. The van der Waals surface area contributed by atoms with Crippen molar-refractivity contribution in [3.8, 4) is 0 Å². The van der Waals surface area contributed by atoms with E-state index in [-0.39, 0.29) is 5.91 Å². The second-order valence-corrected chi connectivity index (χ2v) is 9.52. The van der Waals surface area contributed by atoms with Gasteiger partial charge >= 0.3 is 5.63 Å². The molecule has 0 bridgehead atoms. The van der Waals surface area contributed by atoms with Gasteiger partial charge in [0.25, 0.3) is 0 Å². The number of aryl methyl sites for hydroxylation is 1. The van der Waals surface area contributed by atoms with Crippen LogP contribution in [0.5, 0.6) is 0 Å². The van der Waals surface area contributed by atoms with E-state index in [0.717, 1.165) is 10.9 Å². The molecule has 1 aliphatic rings. The monoisotopic (exact) mass is 527 g/mol. The average Bonchev–Trinajstić information content (AvgIpc) is 3.32. The summed E-state index contributed by atoms with van der Waals surface area (Å²) in [6, 6.07) is 3.08. The minimum Gasteiger partial charge on any atom is -0.423 e. The molecule has 0 radical (unpaired) electrons. The van der Waals surface area contributed by atoms with E-state index in [1.165, 1.54) is 31.7 Å². The van der Waals surface area contributed by atoms with Crippen molar-refractivity contribution in [1.29, 1.82) is 0 Å². The molecule has 2 aromatic rings. The second-order valence-electron chi connectivity index (χ2n) is 9.52. The Morgan fingerprint density at radius 2 is 1.68 bits per heavy atom. The van der Waals surface area contributed by atoms with Crippen LogP contribution in [-0.2, 0) is 24.0 Å². The van der Waals surface area contributed by atoms with Crippen molar-refractivity contribution in [2.45, 2.75) is 71.6 Å². The van der Waals surface area contributed by atoms with Gasteiger partial charge in [-0.2, -0.15) is 0 Å². The molecule has 4 atom stereocenters. The van der Waals surface area contributed by atoms with Crippen molar-refractivity contribution >= 4 is 46.2 Å². The summed E-state index contributed by atoms with van der Waals surface area (Å²) in [5.41, 5.74) is 1.19. The molecule has 12 nitrogen and oxygen atoms in total. The molecule has 1 aliphatic heterocycles. The quantitative estimate of drug-likeness (QED) is 0.361. The SMILES string of the molecule is CC(=O)N[C@@H](C)C(=O)N[C@@H](C)C(=O)N1CCC[C@H]1C(=O)NC(=O)[C@H](C)Nc1ccc2c(C)cc(=O)oc2c1. The third-order valence-corrected chi connectivity index (χ3v) is 6.35. The van der Waals surface area contributed by atoms with Gasteiger partial charge in [0.2, 0.25) is 29.5 Å². The van der Waals surface area contributed by atoms with Crippen LogP contribution in [0.25, 0.3) is 11.0 Å². The zero-order valence-corrected chi connectivity index (χ0v) is 22.0. The molecule has 3 rings (SSSR count). The summed E-state index contributed by atoms with van der Waals surface area (Å²) in [6.45, 7) is 7.96. The number of carbonyl (C=O) groups excluding carboxylic acids is 5. The molecule has 0 aliphatic carbocycles. The zero-order valence-electron chi connectivity index (χ0n) is 22.0. The Morgan fingerprint density at radius 3 is 2.37 bits per heavy atom. The summed E-state index contributed by atoms with van der Waals surface area (Å²) in [5, 5.41) is 11.1. The van der Waals surface area contributed by atoms with Crippen LogP contribution in [0.4, 0.5) is 5.69 Å². The fourth-order valence-corrected chi connectivity index (χ4v) is 4.37. The predicted octanol–water partition coefficient (Wildman–Crippen LogP) is 0.565. The number of hydrogen-bond acceptors (Lipinski definition) is 8. The van der Waals surface area contributed by atoms with Crippen molar-refractivity contribution in [3.05, 3.63) is 40.2 Å². The number of anilines is 1. The zero-order chi connectivity index (χ0) is 28.1. The molecule has 1 saturated heterocycles. The molecular weight excluding hydrogens is 494 g/mol. The van der Waals surface area contributed by atoms with Crippen LogP contribution in [0.1, 0.15) is 46.1 Å². The molecule has 1 fully saturated rings.